The van der Waals surface area contributed by atoms with Crippen molar-refractivity contribution in [1.29, 1.82) is 0 Å². The second kappa shape index (κ2) is 12.4. The highest BCUT2D eigenvalue weighted by molar-refractivity contribution is 14.0. The second-order valence-electron chi connectivity index (χ2n) is 8.06. The zero-order valence-corrected chi connectivity index (χ0v) is 21.1. The molecule has 0 radical (unpaired) electrons. The lowest BCUT2D eigenvalue weighted by Crippen LogP contribution is -2.43. The Morgan fingerprint density at radius 2 is 2.06 bits per heavy atom. The van der Waals surface area contributed by atoms with E-state index in [1.54, 1.807) is 36.1 Å². The summed E-state index contributed by atoms with van der Waals surface area (Å²) in [5.74, 6) is 1.24. The van der Waals surface area contributed by atoms with Crippen molar-refractivity contribution in [2.24, 2.45) is 10.4 Å². The number of aryl methyl sites for hydroxylation is 1. The number of rotatable bonds is 9. The standard InChI is InChI=1S/C23H34FN5O.HI/c1-4-30-14-11-23(9-5-6-10-23)17-28-22(25-3)27-16-19-7-8-21(20(24)15-19)29-13-12-26-18(29)2;/h7-8,12-13,15H,4-6,9-11,14,16-17H2,1-3H3,(H2,25,27,28);1H. The van der Waals surface area contributed by atoms with Crippen LogP contribution in [-0.4, -0.2) is 42.3 Å². The van der Waals surface area contributed by atoms with Crippen LogP contribution in [0.5, 0.6) is 0 Å². The Kier molecular flexibility index (Phi) is 10.2. The molecule has 0 unspecified atom stereocenters. The fourth-order valence-corrected chi connectivity index (χ4v) is 4.24. The van der Waals surface area contributed by atoms with Crippen molar-refractivity contribution in [2.45, 2.75) is 52.5 Å². The number of nitrogens with one attached hydrogen (secondary N) is 2. The number of ether oxygens (including phenoxy) is 1. The van der Waals surface area contributed by atoms with Crippen molar-refractivity contribution in [3.05, 3.63) is 47.8 Å². The van der Waals surface area contributed by atoms with Gasteiger partial charge in [0.1, 0.15) is 11.6 Å². The first-order chi connectivity index (χ1) is 14.6. The predicted octanol–water partition coefficient (Wildman–Crippen LogP) is 4.59. The third kappa shape index (κ3) is 6.90. The highest BCUT2D eigenvalue weighted by Crippen LogP contribution is 2.40. The maximum absolute atomic E-state index is 14.6. The van der Waals surface area contributed by atoms with Crippen LogP contribution in [0.3, 0.4) is 0 Å². The number of aliphatic imine (C=N–C) groups is 1. The summed E-state index contributed by atoms with van der Waals surface area (Å²) in [4.78, 5) is 8.50. The summed E-state index contributed by atoms with van der Waals surface area (Å²) in [6, 6.07) is 5.28. The lowest BCUT2D eigenvalue weighted by molar-refractivity contribution is 0.105. The third-order valence-corrected chi connectivity index (χ3v) is 6.06. The van der Waals surface area contributed by atoms with Crippen molar-refractivity contribution >= 4 is 29.9 Å². The molecule has 2 aromatic rings. The Balaban J connectivity index is 0.00000341. The lowest BCUT2D eigenvalue weighted by atomic mass is 9.83. The minimum Gasteiger partial charge on any atom is -0.382 e. The average molecular weight is 543 g/mol. The molecule has 1 aliphatic rings. The number of guanidine groups is 1. The van der Waals surface area contributed by atoms with Crippen LogP contribution < -0.4 is 10.6 Å². The van der Waals surface area contributed by atoms with Gasteiger partial charge in [-0.1, -0.05) is 18.9 Å². The molecule has 1 aromatic heterocycles. The summed E-state index contributed by atoms with van der Waals surface area (Å²) in [6.45, 7) is 6.86. The Morgan fingerprint density at radius 1 is 1.29 bits per heavy atom. The molecule has 0 spiro atoms. The molecule has 31 heavy (non-hydrogen) atoms. The van der Waals surface area contributed by atoms with Crippen LogP contribution in [-0.2, 0) is 11.3 Å². The summed E-state index contributed by atoms with van der Waals surface area (Å²) in [7, 11) is 1.77. The van der Waals surface area contributed by atoms with Crippen LogP contribution in [0.25, 0.3) is 5.69 Å². The fourth-order valence-electron chi connectivity index (χ4n) is 4.24. The van der Waals surface area contributed by atoms with Gasteiger partial charge in [-0.3, -0.25) is 4.99 Å². The van der Waals surface area contributed by atoms with Crippen molar-refractivity contribution < 1.29 is 9.13 Å². The highest BCUT2D eigenvalue weighted by Gasteiger charge is 2.33. The highest BCUT2D eigenvalue weighted by atomic mass is 127. The summed E-state index contributed by atoms with van der Waals surface area (Å²) in [5, 5.41) is 6.79. The zero-order chi connectivity index (χ0) is 21.4. The molecule has 1 aliphatic carbocycles. The van der Waals surface area contributed by atoms with E-state index in [9.17, 15) is 4.39 Å². The first-order valence-electron chi connectivity index (χ1n) is 10.9. The van der Waals surface area contributed by atoms with Gasteiger partial charge >= 0.3 is 0 Å². The first-order valence-corrected chi connectivity index (χ1v) is 10.9. The van der Waals surface area contributed by atoms with Gasteiger partial charge in [0.25, 0.3) is 0 Å². The van der Waals surface area contributed by atoms with Gasteiger partial charge in [0, 0.05) is 45.7 Å². The maximum Gasteiger partial charge on any atom is 0.191 e. The molecule has 0 bridgehead atoms. The summed E-state index contributed by atoms with van der Waals surface area (Å²) >= 11 is 0. The molecule has 172 valence electrons. The minimum absolute atomic E-state index is 0. The monoisotopic (exact) mass is 543 g/mol. The van der Waals surface area contributed by atoms with Crippen molar-refractivity contribution in [1.82, 2.24) is 20.2 Å². The smallest absolute Gasteiger partial charge is 0.191 e. The average Bonchev–Trinajstić information content (AvgIpc) is 3.38. The van der Waals surface area contributed by atoms with E-state index in [1.165, 1.54) is 25.7 Å². The van der Waals surface area contributed by atoms with Gasteiger partial charge in [0.05, 0.1) is 5.69 Å². The molecular weight excluding hydrogens is 508 g/mol. The normalized spacial score (nSPS) is 15.5. The largest absolute Gasteiger partial charge is 0.382 e. The SMILES string of the molecule is CCOCCC1(CNC(=NC)NCc2ccc(-n3ccnc3C)c(F)c2)CCCC1.I. The number of nitrogens with zero attached hydrogens (tertiary/aromatic N) is 3. The second-order valence-corrected chi connectivity index (χ2v) is 8.06. The number of hydrogen-bond acceptors (Lipinski definition) is 3. The van der Waals surface area contributed by atoms with Gasteiger partial charge in [-0.15, -0.1) is 24.0 Å². The van der Waals surface area contributed by atoms with E-state index in [0.29, 0.717) is 12.2 Å². The number of hydrogen-bond donors (Lipinski definition) is 2. The Hall–Kier alpha value is -1.68. The summed E-state index contributed by atoms with van der Waals surface area (Å²) in [6.07, 6.45) is 9.52. The van der Waals surface area contributed by atoms with Crippen LogP contribution in [0.1, 0.15) is 50.4 Å². The van der Waals surface area contributed by atoms with Gasteiger partial charge in [-0.05, 0) is 56.2 Å². The maximum atomic E-state index is 14.6. The number of imidazole rings is 1. The quantitative estimate of drug-likeness (QED) is 0.210. The number of aromatic nitrogens is 2. The molecule has 0 saturated heterocycles. The van der Waals surface area contributed by atoms with Crippen LogP contribution in [0, 0.1) is 18.2 Å². The molecule has 1 fully saturated rings. The molecule has 8 heteroatoms. The van der Waals surface area contributed by atoms with Gasteiger partial charge in [-0.25, -0.2) is 9.37 Å². The van der Waals surface area contributed by atoms with E-state index in [4.69, 9.17) is 4.74 Å². The Morgan fingerprint density at radius 3 is 2.68 bits per heavy atom. The van der Waals surface area contributed by atoms with E-state index in [-0.39, 0.29) is 35.2 Å². The van der Waals surface area contributed by atoms with E-state index < -0.39 is 0 Å². The third-order valence-electron chi connectivity index (χ3n) is 6.06. The van der Waals surface area contributed by atoms with Crippen LogP contribution in [0.15, 0.2) is 35.6 Å². The molecule has 2 N–H and O–H groups in total. The summed E-state index contributed by atoms with van der Waals surface area (Å²) in [5.41, 5.74) is 1.65. The molecule has 0 amide bonds. The molecule has 1 saturated carbocycles. The Bertz CT molecular complexity index is 848. The van der Waals surface area contributed by atoms with Gasteiger partial charge in [0.15, 0.2) is 5.96 Å². The molecule has 1 heterocycles. The van der Waals surface area contributed by atoms with Crippen molar-refractivity contribution in [3.8, 4) is 5.69 Å². The predicted molar refractivity (Wildman–Crippen MR) is 134 cm³/mol. The van der Waals surface area contributed by atoms with Gasteiger partial charge in [0.2, 0.25) is 0 Å². The van der Waals surface area contributed by atoms with Gasteiger partial charge < -0.3 is 19.9 Å². The molecule has 0 atom stereocenters. The molecule has 6 nitrogen and oxygen atoms in total. The first kappa shape index (κ1) is 25.6. The zero-order valence-electron chi connectivity index (χ0n) is 18.8. The van der Waals surface area contributed by atoms with Gasteiger partial charge in [-0.2, -0.15) is 0 Å². The fraction of sp³-hybridized carbons (Fsp3) is 0.565. The van der Waals surface area contributed by atoms with Crippen molar-refractivity contribution in [3.63, 3.8) is 0 Å². The van der Waals surface area contributed by atoms with E-state index in [1.807, 2.05) is 19.9 Å². The molecular formula is C23H35FIN5O. The summed E-state index contributed by atoms with van der Waals surface area (Å²) < 4.78 is 22.0. The van der Waals surface area contributed by atoms with Crippen LogP contribution >= 0.6 is 24.0 Å². The van der Waals surface area contributed by atoms with E-state index >= 15 is 0 Å². The van der Waals surface area contributed by atoms with Crippen molar-refractivity contribution in [2.75, 3.05) is 26.8 Å². The van der Waals surface area contributed by atoms with Crippen LogP contribution in [0.2, 0.25) is 0 Å². The van der Waals surface area contributed by atoms with E-state index in [0.717, 1.165) is 43.5 Å². The Labute approximate surface area is 202 Å². The van der Waals surface area contributed by atoms with E-state index in [2.05, 4.69) is 20.6 Å². The molecule has 0 aliphatic heterocycles. The topological polar surface area (TPSA) is 63.5 Å². The lowest BCUT2D eigenvalue weighted by Gasteiger charge is -2.30. The number of benzene rings is 1. The minimum atomic E-state index is -0.265. The number of halogens is 2. The van der Waals surface area contributed by atoms with Crippen LogP contribution in [0.4, 0.5) is 4.39 Å². The molecule has 3 rings (SSSR count). The molecule has 1 aromatic carbocycles.